The van der Waals surface area contributed by atoms with Crippen molar-refractivity contribution in [2.24, 2.45) is 0 Å². The van der Waals surface area contributed by atoms with Gasteiger partial charge in [-0.1, -0.05) is 5.92 Å². The van der Waals surface area contributed by atoms with Gasteiger partial charge in [0.25, 0.3) is 0 Å². The van der Waals surface area contributed by atoms with Crippen molar-refractivity contribution in [3.05, 3.63) is 0 Å². The molecule has 0 fully saturated rings. The van der Waals surface area contributed by atoms with Crippen molar-refractivity contribution in [3.8, 4) is 12.3 Å². The molecule has 0 aromatic carbocycles. The summed E-state index contributed by atoms with van der Waals surface area (Å²) in [5.74, 6) is 2.49. The Morgan fingerprint density at radius 2 is 1.89 bits per heavy atom. The summed E-state index contributed by atoms with van der Waals surface area (Å²) in [5.41, 5.74) is 0. The third-order valence-corrected chi connectivity index (χ3v) is 2.81. The standard InChI is InChI=1S/C11H24N2O4P/c1-4-5-12-6-9-16-10-7-13(2,3)8-11-17-18(14)15/h1,12,14-15H,5-11H2,2-3H3/q+1. The van der Waals surface area contributed by atoms with E-state index in [0.717, 1.165) is 13.1 Å². The average molecular weight is 279 g/mol. The molecule has 0 radical (unpaired) electrons. The molecule has 0 aliphatic carbocycles. The van der Waals surface area contributed by atoms with Crippen LogP contribution in [0.1, 0.15) is 0 Å². The normalized spacial score (nSPS) is 11.8. The maximum absolute atomic E-state index is 8.61. The molecule has 3 N–H and O–H groups in total. The van der Waals surface area contributed by atoms with Crippen LogP contribution in [0, 0.1) is 12.3 Å². The first-order chi connectivity index (χ1) is 8.48. The minimum absolute atomic E-state index is 0.329. The monoisotopic (exact) mass is 279 g/mol. The maximum atomic E-state index is 8.61. The fourth-order valence-electron chi connectivity index (χ4n) is 1.20. The van der Waals surface area contributed by atoms with Gasteiger partial charge in [0.2, 0.25) is 0 Å². The van der Waals surface area contributed by atoms with Crippen molar-refractivity contribution in [3.63, 3.8) is 0 Å². The summed E-state index contributed by atoms with van der Waals surface area (Å²) in [4.78, 5) is 17.2. The highest BCUT2D eigenvalue weighted by Crippen LogP contribution is 2.23. The lowest BCUT2D eigenvalue weighted by Gasteiger charge is -2.29. The van der Waals surface area contributed by atoms with E-state index < -0.39 is 8.60 Å². The summed E-state index contributed by atoms with van der Waals surface area (Å²) < 4.78 is 10.9. The number of nitrogens with zero attached hydrogens (tertiary/aromatic N) is 1. The van der Waals surface area contributed by atoms with Gasteiger partial charge in [-0.25, -0.2) is 0 Å². The molecule has 0 saturated heterocycles. The molecule has 0 unspecified atom stereocenters. The van der Waals surface area contributed by atoms with Gasteiger partial charge in [-0.3, -0.25) is 0 Å². The molecule has 6 nitrogen and oxygen atoms in total. The van der Waals surface area contributed by atoms with Crippen molar-refractivity contribution in [1.29, 1.82) is 0 Å². The molecule has 0 aliphatic heterocycles. The SMILES string of the molecule is C#CCNCCOCC[N+](C)(C)CCOP(O)O. The number of rotatable bonds is 11. The smallest absolute Gasteiger partial charge is 0.327 e. The number of ether oxygens (including phenoxy) is 1. The highest BCUT2D eigenvalue weighted by atomic mass is 31.2. The molecule has 0 saturated carbocycles. The number of nitrogens with one attached hydrogen (secondary N) is 1. The molecule has 0 spiro atoms. The van der Waals surface area contributed by atoms with E-state index in [1.807, 2.05) is 14.1 Å². The molecule has 0 heterocycles. The predicted molar refractivity (Wildman–Crippen MR) is 71.7 cm³/mol. The Morgan fingerprint density at radius 1 is 1.22 bits per heavy atom. The Hall–Kier alpha value is -0.250. The predicted octanol–water partition coefficient (Wildman–Crippen LogP) is -0.470. The second-order valence-electron chi connectivity index (χ2n) is 4.46. The Kier molecular flexibility index (Phi) is 10.5. The molecule has 0 amide bonds. The molecule has 0 aliphatic rings. The van der Waals surface area contributed by atoms with Crippen LogP contribution in [0.5, 0.6) is 0 Å². The molecule has 0 aromatic heterocycles. The number of likely N-dealkylation sites (N-methyl/N-ethyl adjacent to an activating group) is 1. The summed E-state index contributed by atoms with van der Waals surface area (Å²) in [6, 6.07) is 0. The molecule has 106 valence electrons. The zero-order valence-corrected chi connectivity index (χ0v) is 12.0. The van der Waals surface area contributed by atoms with Crippen molar-refractivity contribution in [2.75, 3.05) is 60.1 Å². The van der Waals surface area contributed by atoms with Crippen LogP contribution in [-0.4, -0.2) is 74.4 Å². The average Bonchev–Trinajstić information content (AvgIpc) is 2.27. The van der Waals surface area contributed by atoms with Crippen LogP contribution >= 0.6 is 8.60 Å². The molecule has 7 heteroatoms. The summed E-state index contributed by atoms with van der Waals surface area (Å²) in [7, 11) is 1.84. The molecular formula is C11H24N2O4P+. The van der Waals surface area contributed by atoms with Gasteiger partial charge in [-0.15, -0.1) is 6.42 Å². The van der Waals surface area contributed by atoms with E-state index in [4.69, 9.17) is 25.5 Å². The van der Waals surface area contributed by atoms with E-state index in [1.165, 1.54) is 0 Å². The number of hydrogen-bond donors (Lipinski definition) is 3. The van der Waals surface area contributed by atoms with E-state index in [1.54, 1.807) is 0 Å². The van der Waals surface area contributed by atoms with Crippen LogP contribution in [0.2, 0.25) is 0 Å². The second kappa shape index (κ2) is 10.7. The lowest BCUT2D eigenvalue weighted by Crippen LogP contribution is -2.44. The zero-order chi connectivity index (χ0) is 13.9. The molecule has 0 bridgehead atoms. The Balaban J connectivity index is 3.43. The van der Waals surface area contributed by atoms with Crippen LogP contribution in [0.3, 0.4) is 0 Å². The summed E-state index contributed by atoms with van der Waals surface area (Å²) in [5, 5.41) is 3.04. The number of hydrogen-bond acceptors (Lipinski definition) is 5. The van der Waals surface area contributed by atoms with Gasteiger partial charge in [0.15, 0.2) is 0 Å². The Bertz CT molecular complexity index is 244. The van der Waals surface area contributed by atoms with Crippen molar-refractivity contribution in [1.82, 2.24) is 5.32 Å². The molecule has 18 heavy (non-hydrogen) atoms. The van der Waals surface area contributed by atoms with Gasteiger partial charge in [0.1, 0.15) is 19.7 Å². The van der Waals surface area contributed by atoms with E-state index in [2.05, 4.69) is 11.2 Å². The minimum Gasteiger partial charge on any atom is -0.374 e. The van der Waals surface area contributed by atoms with E-state index >= 15 is 0 Å². The first kappa shape index (κ1) is 17.8. The van der Waals surface area contributed by atoms with Gasteiger partial charge in [0, 0.05) is 6.54 Å². The first-order valence-electron chi connectivity index (χ1n) is 5.82. The molecule has 0 rings (SSSR count). The van der Waals surface area contributed by atoms with Crippen LogP contribution in [0.15, 0.2) is 0 Å². The highest BCUT2D eigenvalue weighted by Gasteiger charge is 2.15. The van der Waals surface area contributed by atoms with E-state index in [9.17, 15) is 0 Å². The Morgan fingerprint density at radius 3 is 2.50 bits per heavy atom. The lowest BCUT2D eigenvalue weighted by molar-refractivity contribution is -0.890. The quantitative estimate of drug-likeness (QED) is 0.206. The molecule has 0 aromatic rings. The van der Waals surface area contributed by atoms with Crippen molar-refractivity contribution in [2.45, 2.75) is 0 Å². The maximum Gasteiger partial charge on any atom is 0.327 e. The lowest BCUT2D eigenvalue weighted by atomic mass is 10.4. The van der Waals surface area contributed by atoms with Crippen LogP contribution in [0.25, 0.3) is 0 Å². The van der Waals surface area contributed by atoms with Crippen molar-refractivity contribution >= 4 is 8.60 Å². The largest absolute Gasteiger partial charge is 0.374 e. The molecule has 0 atom stereocenters. The van der Waals surface area contributed by atoms with Gasteiger partial charge >= 0.3 is 8.60 Å². The molecular weight excluding hydrogens is 255 g/mol. The van der Waals surface area contributed by atoms with Gasteiger partial charge in [-0.05, 0) is 0 Å². The third-order valence-electron chi connectivity index (χ3n) is 2.39. The fourth-order valence-corrected chi connectivity index (χ4v) is 1.44. The van der Waals surface area contributed by atoms with Gasteiger partial charge < -0.3 is 28.8 Å². The first-order valence-corrected chi connectivity index (χ1v) is 6.99. The summed E-state index contributed by atoms with van der Waals surface area (Å²) in [6.45, 7) is 4.48. The second-order valence-corrected chi connectivity index (χ2v) is 5.23. The summed E-state index contributed by atoms with van der Waals surface area (Å²) in [6.07, 6.45) is 5.09. The Labute approximate surface area is 110 Å². The topological polar surface area (TPSA) is 71.0 Å². The third kappa shape index (κ3) is 12.2. The van der Waals surface area contributed by atoms with Crippen LogP contribution < -0.4 is 5.32 Å². The van der Waals surface area contributed by atoms with Gasteiger partial charge in [0.05, 0.1) is 33.9 Å². The number of terminal acetylenes is 1. The van der Waals surface area contributed by atoms with E-state index in [-0.39, 0.29) is 0 Å². The van der Waals surface area contributed by atoms with Gasteiger partial charge in [-0.2, -0.15) is 0 Å². The summed E-state index contributed by atoms with van der Waals surface area (Å²) >= 11 is 0. The number of quaternary nitrogens is 1. The highest BCUT2D eigenvalue weighted by molar-refractivity contribution is 7.39. The van der Waals surface area contributed by atoms with Crippen LogP contribution in [-0.2, 0) is 9.26 Å². The fraction of sp³-hybridized carbons (Fsp3) is 0.818. The van der Waals surface area contributed by atoms with Crippen molar-refractivity contribution < 1.29 is 23.5 Å². The van der Waals surface area contributed by atoms with Crippen LogP contribution in [0.4, 0.5) is 0 Å². The minimum atomic E-state index is -2.24. The zero-order valence-electron chi connectivity index (χ0n) is 11.1. The van der Waals surface area contributed by atoms with E-state index in [0.29, 0.717) is 37.4 Å².